The highest BCUT2D eigenvalue weighted by molar-refractivity contribution is 5.63. The summed E-state index contributed by atoms with van der Waals surface area (Å²) in [7, 11) is 0. The second-order valence-electron chi connectivity index (χ2n) is 5.83. The molecule has 0 amide bonds. The Morgan fingerprint density at radius 2 is 1.68 bits per heavy atom. The first kappa shape index (κ1) is 16.5. The molecule has 22 heavy (non-hydrogen) atoms. The molecule has 2 aromatic rings. The number of nitrogens with one attached hydrogen (secondary N) is 1. The van der Waals surface area contributed by atoms with Gasteiger partial charge in [-0.2, -0.15) is 0 Å². The minimum atomic E-state index is 0.769. The van der Waals surface area contributed by atoms with Gasteiger partial charge < -0.3 is 5.32 Å². The first-order valence-corrected chi connectivity index (χ1v) is 8.29. The molecule has 0 fully saturated rings. The van der Waals surface area contributed by atoms with Crippen molar-refractivity contribution in [2.75, 3.05) is 6.54 Å². The van der Waals surface area contributed by atoms with Crippen LogP contribution < -0.4 is 5.32 Å². The van der Waals surface area contributed by atoms with Crippen LogP contribution in [0.1, 0.15) is 31.7 Å². The molecule has 1 atom stereocenters. The summed E-state index contributed by atoms with van der Waals surface area (Å²) < 4.78 is 0. The Hall–Kier alpha value is -1.86. The van der Waals surface area contributed by atoms with Crippen molar-refractivity contribution in [3.63, 3.8) is 0 Å². The molecular formula is C21H27N. The molecule has 1 nitrogen and oxygen atoms in total. The predicted molar refractivity (Wildman–Crippen MR) is 96.8 cm³/mol. The van der Waals surface area contributed by atoms with E-state index in [0.29, 0.717) is 0 Å². The zero-order valence-corrected chi connectivity index (χ0v) is 13.6. The number of hydrogen-bond acceptors (Lipinski definition) is 1. The topological polar surface area (TPSA) is 12.0 Å². The smallest absolute Gasteiger partial charge is 0.0205 e. The van der Waals surface area contributed by atoms with E-state index in [2.05, 4.69) is 73.4 Å². The number of allylic oxidation sites excluding steroid dienone is 1. The van der Waals surface area contributed by atoms with Crippen LogP contribution in [0.3, 0.4) is 0 Å². The van der Waals surface area contributed by atoms with Crippen LogP contribution in [0.4, 0.5) is 0 Å². The summed E-state index contributed by atoms with van der Waals surface area (Å²) in [6.45, 7) is 8.12. The van der Waals surface area contributed by atoms with Crippen molar-refractivity contribution < 1.29 is 0 Å². The zero-order chi connectivity index (χ0) is 15.6. The van der Waals surface area contributed by atoms with Crippen molar-refractivity contribution in [1.29, 1.82) is 0 Å². The Labute approximate surface area is 135 Å². The molecule has 0 saturated carbocycles. The normalized spacial score (nSPS) is 12.0. The van der Waals surface area contributed by atoms with Crippen LogP contribution in [0.15, 0.2) is 67.3 Å². The van der Waals surface area contributed by atoms with Crippen molar-refractivity contribution in [2.24, 2.45) is 5.92 Å². The number of hydrogen-bond donors (Lipinski definition) is 1. The van der Waals surface area contributed by atoms with Crippen LogP contribution in [-0.2, 0) is 6.54 Å². The third kappa shape index (κ3) is 5.16. The van der Waals surface area contributed by atoms with Crippen molar-refractivity contribution in [1.82, 2.24) is 5.32 Å². The summed E-state index contributed by atoms with van der Waals surface area (Å²) in [6.07, 6.45) is 5.63. The molecule has 0 radical (unpaired) electrons. The van der Waals surface area contributed by atoms with Gasteiger partial charge in [-0.3, -0.25) is 0 Å². The summed E-state index contributed by atoms with van der Waals surface area (Å²) in [5.41, 5.74) is 3.90. The Bertz CT molecular complexity index is 542. The Morgan fingerprint density at radius 3 is 2.32 bits per heavy atom. The molecule has 2 aromatic carbocycles. The van der Waals surface area contributed by atoms with Gasteiger partial charge in [-0.25, -0.2) is 0 Å². The lowest BCUT2D eigenvalue weighted by Gasteiger charge is -2.13. The van der Waals surface area contributed by atoms with Crippen molar-refractivity contribution >= 4 is 0 Å². The van der Waals surface area contributed by atoms with Crippen LogP contribution >= 0.6 is 0 Å². The predicted octanol–water partition coefficient (Wildman–Crippen LogP) is 5.44. The molecular weight excluding hydrogens is 266 g/mol. The van der Waals surface area contributed by atoms with Gasteiger partial charge in [0.05, 0.1) is 0 Å². The van der Waals surface area contributed by atoms with Crippen molar-refractivity contribution in [3.05, 3.63) is 72.8 Å². The lowest BCUT2D eigenvalue weighted by atomic mass is 9.98. The van der Waals surface area contributed by atoms with Crippen molar-refractivity contribution in [3.8, 4) is 11.1 Å². The fourth-order valence-electron chi connectivity index (χ4n) is 2.71. The average Bonchev–Trinajstić information content (AvgIpc) is 2.59. The fourth-order valence-corrected chi connectivity index (χ4v) is 2.71. The van der Waals surface area contributed by atoms with Gasteiger partial charge in [-0.05, 0) is 42.0 Å². The maximum absolute atomic E-state index is 3.84. The molecule has 0 bridgehead atoms. The van der Waals surface area contributed by atoms with Gasteiger partial charge in [0.1, 0.15) is 0 Å². The highest BCUT2D eigenvalue weighted by Gasteiger charge is 2.03. The average molecular weight is 293 g/mol. The van der Waals surface area contributed by atoms with Crippen LogP contribution in [0.2, 0.25) is 0 Å². The molecule has 0 aliphatic carbocycles. The van der Waals surface area contributed by atoms with E-state index in [9.17, 15) is 0 Å². The Kier molecular flexibility index (Phi) is 6.92. The third-order valence-electron chi connectivity index (χ3n) is 4.20. The summed E-state index contributed by atoms with van der Waals surface area (Å²) in [4.78, 5) is 0. The summed E-state index contributed by atoms with van der Waals surface area (Å²) in [5, 5.41) is 3.55. The molecule has 1 unspecified atom stereocenters. The van der Waals surface area contributed by atoms with Crippen LogP contribution in [-0.4, -0.2) is 6.54 Å². The number of rotatable bonds is 9. The molecule has 1 N–H and O–H groups in total. The van der Waals surface area contributed by atoms with E-state index in [1.807, 2.05) is 6.08 Å². The molecule has 0 aromatic heterocycles. The lowest BCUT2D eigenvalue weighted by molar-refractivity contribution is 0.456. The monoisotopic (exact) mass is 293 g/mol. The largest absolute Gasteiger partial charge is 0.313 e. The van der Waals surface area contributed by atoms with E-state index in [0.717, 1.165) is 25.4 Å². The Morgan fingerprint density at radius 1 is 1.00 bits per heavy atom. The molecule has 0 heterocycles. The van der Waals surface area contributed by atoms with Gasteiger partial charge in [0.2, 0.25) is 0 Å². The van der Waals surface area contributed by atoms with E-state index in [1.54, 1.807) is 0 Å². The van der Waals surface area contributed by atoms with Crippen LogP contribution in [0.25, 0.3) is 11.1 Å². The van der Waals surface area contributed by atoms with Gasteiger partial charge in [0.25, 0.3) is 0 Å². The van der Waals surface area contributed by atoms with E-state index in [1.165, 1.54) is 29.5 Å². The molecule has 2 rings (SSSR count). The Balaban J connectivity index is 1.78. The quantitative estimate of drug-likeness (QED) is 0.480. The molecule has 0 saturated heterocycles. The van der Waals surface area contributed by atoms with Gasteiger partial charge in [0.15, 0.2) is 0 Å². The molecule has 0 aliphatic rings. The lowest BCUT2D eigenvalue weighted by Crippen LogP contribution is -2.17. The molecule has 1 heteroatoms. The molecule has 0 aliphatic heterocycles. The third-order valence-corrected chi connectivity index (χ3v) is 4.20. The second-order valence-corrected chi connectivity index (χ2v) is 5.83. The summed E-state index contributed by atoms with van der Waals surface area (Å²) in [5.74, 6) is 0.769. The fraction of sp³-hybridized carbons (Fsp3) is 0.333. The highest BCUT2D eigenvalue weighted by atomic mass is 14.8. The second kappa shape index (κ2) is 9.22. The standard InChI is InChI=1S/C21H27N/c1-3-8-18(4-2)15-16-22-17-19-11-13-21(14-12-19)20-9-6-5-7-10-20/h3,5-7,9-14,18,22H,1,4,8,15-17H2,2H3. The molecule has 0 spiro atoms. The van der Waals surface area contributed by atoms with Gasteiger partial charge >= 0.3 is 0 Å². The maximum Gasteiger partial charge on any atom is 0.0205 e. The van der Waals surface area contributed by atoms with E-state index < -0.39 is 0 Å². The van der Waals surface area contributed by atoms with E-state index in [-0.39, 0.29) is 0 Å². The zero-order valence-electron chi connectivity index (χ0n) is 13.6. The van der Waals surface area contributed by atoms with Gasteiger partial charge in [0, 0.05) is 6.54 Å². The highest BCUT2D eigenvalue weighted by Crippen LogP contribution is 2.19. The van der Waals surface area contributed by atoms with E-state index in [4.69, 9.17) is 0 Å². The minimum absolute atomic E-state index is 0.769. The SMILES string of the molecule is C=CCC(CC)CCNCc1ccc(-c2ccccc2)cc1. The molecule has 116 valence electrons. The minimum Gasteiger partial charge on any atom is -0.313 e. The number of benzene rings is 2. The first-order chi connectivity index (χ1) is 10.8. The van der Waals surface area contributed by atoms with Gasteiger partial charge in [-0.15, -0.1) is 6.58 Å². The summed E-state index contributed by atoms with van der Waals surface area (Å²) >= 11 is 0. The van der Waals surface area contributed by atoms with Gasteiger partial charge in [-0.1, -0.05) is 74.0 Å². The summed E-state index contributed by atoms with van der Waals surface area (Å²) in [6, 6.07) is 19.4. The maximum atomic E-state index is 3.84. The van der Waals surface area contributed by atoms with E-state index >= 15 is 0 Å². The first-order valence-electron chi connectivity index (χ1n) is 8.29. The van der Waals surface area contributed by atoms with Crippen LogP contribution in [0, 0.1) is 5.92 Å². The van der Waals surface area contributed by atoms with Crippen LogP contribution in [0.5, 0.6) is 0 Å². The van der Waals surface area contributed by atoms with Crippen molar-refractivity contribution in [2.45, 2.75) is 32.7 Å².